The second-order valence-corrected chi connectivity index (χ2v) is 6.79. The number of pyridine rings is 2. The summed E-state index contributed by atoms with van der Waals surface area (Å²) in [6.45, 7) is 0.112. The lowest BCUT2D eigenvalue weighted by Gasteiger charge is -2.14. The third kappa shape index (κ3) is 3.52. The standard InChI is InChI=1S/C21H18FN5O3/c1-23-20(29)17-19(28)18-16(27(21(17)30)10-15-9-24-11-26-15)7-13(8-25-18)6-12-2-4-14(22)5-3-12/h2-5,7-9,11,28H,6,10H2,1H3,(H,23,29)(H,24,26). The Hall–Kier alpha value is -4.01. The molecule has 0 saturated heterocycles. The van der Waals surface area contributed by atoms with Crippen molar-refractivity contribution in [1.82, 2.24) is 24.8 Å². The molecule has 0 aliphatic heterocycles. The van der Waals surface area contributed by atoms with Gasteiger partial charge in [0.2, 0.25) is 0 Å². The average Bonchev–Trinajstić information content (AvgIpc) is 3.26. The number of aromatic hydroxyl groups is 1. The SMILES string of the molecule is CNC(=O)c1c(O)c2ncc(Cc3ccc(F)cc3)cc2n(Cc2cnc[nH]2)c1=O. The van der Waals surface area contributed by atoms with Crippen LogP contribution in [-0.2, 0) is 13.0 Å². The number of nitrogens with zero attached hydrogens (tertiary/aromatic N) is 3. The molecule has 0 aliphatic rings. The third-order valence-electron chi connectivity index (χ3n) is 4.79. The van der Waals surface area contributed by atoms with Crippen LogP contribution in [0.4, 0.5) is 4.39 Å². The first kappa shape index (κ1) is 19.3. The Kier molecular flexibility index (Phi) is 5.01. The van der Waals surface area contributed by atoms with Crippen LogP contribution < -0.4 is 10.9 Å². The molecule has 3 N–H and O–H groups in total. The Labute approximate surface area is 170 Å². The summed E-state index contributed by atoms with van der Waals surface area (Å²) in [7, 11) is 1.38. The van der Waals surface area contributed by atoms with Gasteiger partial charge in [-0.25, -0.2) is 9.37 Å². The molecule has 8 nitrogen and oxygen atoms in total. The summed E-state index contributed by atoms with van der Waals surface area (Å²) < 4.78 is 14.5. The second-order valence-electron chi connectivity index (χ2n) is 6.79. The van der Waals surface area contributed by atoms with Crippen LogP contribution in [0.15, 0.2) is 53.8 Å². The summed E-state index contributed by atoms with van der Waals surface area (Å²) in [6, 6.07) is 7.82. The molecule has 0 fully saturated rings. The van der Waals surface area contributed by atoms with Gasteiger partial charge in [0.1, 0.15) is 16.9 Å². The zero-order valence-corrected chi connectivity index (χ0v) is 16.0. The number of nitrogens with one attached hydrogen (secondary N) is 2. The Balaban J connectivity index is 1.89. The van der Waals surface area contributed by atoms with Gasteiger partial charge in [0.15, 0.2) is 5.75 Å². The van der Waals surface area contributed by atoms with Crippen molar-refractivity contribution < 1.29 is 14.3 Å². The van der Waals surface area contributed by atoms with Crippen LogP contribution in [0.25, 0.3) is 11.0 Å². The van der Waals surface area contributed by atoms with Crippen LogP contribution in [0.1, 0.15) is 27.2 Å². The number of amides is 1. The number of hydrogen-bond acceptors (Lipinski definition) is 5. The number of halogens is 1. The molecule has 0 unspecified atom stereocenters. The zero-order chi connectivity index (χ0) is 21.3. The molecular weight excluding hydrogens is 389 g/mol. The quantitative estimate of drug-likeness (QED) is 0.468. The van der Waals surface area contributed by atoms with Crippen LogP contribution >= 0.6 is 0 Å². The van der Waals surface area contributed by atoms with E-state index in [1.807, 2.05) is 0 Å². The predicted molar refractivity (Wildman–Crippen MR) is 108 cm³/mol. The largest absolute Gasteiger partial charge is 0.505 e. The van der Waals surface area contributed by atoms with Crippen LogP contribution in [-0.4, -0.2) is 37.6 Å². The highest BCUT2D eigenvalue weighted by atomic mass is 19.1. The van der Waals surface area contributed by atoms with Gasteiger partial charge in [-0.3, -0.25) is 19.1 Å². The van der Waals surface area contributed by atoms with E-state index in [0.29, 0.717) is 17.6 Å². The first-order valence-corrected chi connectivity index (χ1v) is 9.16. The molecule has 3 heterocycles. The van der Waals surface area contributed by atoms with Gasteiger partial charge in [-0.15, -0.1) is 0 Å². The number of H-pyrrole nitrogens is 1. The Bertz CT molecular complexity index is 1280. The number of carbonyl (C=O) groups excluding carboxylic acids is 1. The first-order chi connectivity index (χ1) is 14.5. The fourth-order valence-corrected chi connectivity index (χ4v) is 3.31. The minimum absolute atomic E-state index is 0.112. The highest BCUT2D eigenvalue weighted by Crippen LogP contribution is 2.26. The lowest BCUT2D eigenvalue weighted by atomic mass is 10.1. The summed E-state index contributed by atoms with van der Waals surface area (Å²) in [5.74, 6) is -1.49. The molecule has 4 aromatic rings. The fourth-order valence-electron chi connectivity index (χ4n) is 3.31. The van der Waals surface area contributed by atoms with Crippen LogP contribution in [0.5, 0.6) is 5.75 Å². The Morgan fingerprint density at radius 1 is 1.23 bits per heavy atom. The van der Waals surface area contributed by atoms with Crippen molar-refractivity contribution in [2.45, 2.75) is 13.0 Å². The van der Waals surface area contributed by atoms with Gasteiger partial charge in [-0.05, 0) is 35.7 Å². The molecule has 9 heteroatoms. The van der Waals surface area contributed by atoms with Crippen molar-refractivity contribution in [2.24, 2.45) is 0 Å². The number of rotatable bonds is 5. The van der Waals surface area contributed by atoms with Gasteiger partial charge < -0.3 is 15.4 Å². The fraction of sp³-hybridized carbons (Fsp3) is 0.143. The number of aromatic nitrogens is 4. The molecule has 4 rings (SSSR count). The topological polar surface area (TPSA) is 113 Å². The summed E-state index contributed by atoms with van der Waals surface area (Å²) >= 11 is 0. The first-order valence-electron chi connectivity index (χ1n) is 9.16. The molecule has 3 aromatic heterocycles. The van der Waals surface area contributed by atoms with Gasteiger partial charge in [-0.1, -0.05) is 12.1 Å². The zero-order valence-electron chi connectivity index (χ0n) is 16.0. The van der Waals surface area contributed by atoms with Crippen molar-refractivity contribution in [2.75, 3.05) is 7.05 Å². The summed E-state index contributed by atoms with van der Waals surface area (Å²) in [6.07, 6.45) is 5.07. The van der Waals surface area contributed by atoms with E-state index in [1.54, 1.807) is 30.6 Å². The molecule has 0 spiro atoms. The van der Waals surface area contributed by atoms with Crippen molar-refractivity contribution >= 4 is 16.9 Å². The molecule has 1 aromatic carbocycles. The highest BCUT2D eigenvalue weighted by Gasteiger charge is 2.23. The van der Waals surface area contributed by atoms with E-state index in [-0.39, 0.29) is 23.4 Å². The van der Waals surface area contributed by atoms with E-state index >= 15 is 0 Å². The molecule has 0 atom stereocenters. The van der Waals surface area contributed by atoms with Gasteiger partial charge in [0.05, 0.1) is 24.1 Å². The summed E-state index contributed by atoms with van der Waals surface area (Å²) in [5.41, 5.74) is 1.77. The molecule has 1 amide bonds. The van der Waals surface area contributed by atoms with Crippen molar-refractivity contribution in [3.05, 3.63) is 87.6 Å². The smallest absolute Gasteiger partial charge is 0.268 e. The summed E-state index contributed by atoms with van der Waals surface area (Å²) in [4.78, 5) is 36.5. The maximum Gasteiger partial charge on any atom is 0.268 e. The third-order valence-corrected chi connectivity index (χ3v) is 4.79. The maximum absolute atomic E-state index is 13.2. The van der Waals surface area contributed by atoms with E-state index in [2.05, 4.69) is 20.3 Å². The van der Waals surface area contributed by atoms with Crippen LogP contribution in [0.3, 0.4) is 0 Å². The number of aromatic amines is 1. The average molecular weight is 407 g/mol. The molecule has 152 valence electrons. The van der Waals surface area contributed by atoms with E-state index in [9.17, 15) is 19.1 Å². The monoisotopic (exact) mass is 407 g/mol. The number of hydrogen-bond donors (Lipinski definition) is 3. The Morgan fingerprint density at radius 2 is 2.00 bits per heavy atom. The lowest BCUT2D eigenvalue weighted by molar-refractivity contribution is 0.0958. The van der Waals surface area contributed by atoms with Crippen LogP contribution in [0.2, 0.25) is 0 Å². The van der Waals surface area contributed by atoms with E-state index in [4.69, 9.17) is 0 Å². The molecule has 0 radical (unpaired) electrons. The van der Waals surface area contributed by atoms with E-state index < -0.39 is 17.2 Å². The second kappa shape index (κ2) is 7.78. The molecule has 0 aliphatic carbocycles. The van der Waals surface area contributed by atoms with Gasteiger partial charge in [-0.2, -0.15) is 0 Å². The van der Waals surface area contributed by atoms with Crippen LogP contribution in [0, 0.1) is 5.82 Å². The van der Waals surface area contributed by atoms with Gasteiger partial charge in [0, 0.05) is 19.4 Å². The summed E-state index contributed by atoms with van der Waals surface area (Å²) in [5, 5.41) is 13.0. The molecule has 30 heavy (non-hydrogen) atoms. The molecule has 0 saturated carbocycles. The van der Waals surface area contributed by atoms with Crippen molar-refractivity contribution in [3.63, 3.8) is 0 Å². The minimum atomic E-state index is -0.699. The number of benzene rings is 1. The highest BCUT2D eigenvalue weighted by molar-refractivity contribution is 6.01. The Morgan fingerprint density at radius 3 is 2.67 bits per heavy atom. The van der Waals surface area contributed by atoms with Gasteiger partial charge >= 0.3 is 0 Å². The van der Waals surface area contributed by atoms with Gasteiger partial charge in [0.25, 0.3) is 11.5 Å². The van der Waals surface area contributed by atoms with E-state index in [0.717, 1.165) is 11.1 Å². The van der Waals surface area contributed by atoms with Crippen molar-refractivity contribution in [1.29, 1.82) is 0 Å². The predicted octanol–water partition coefficient (Wildman–Crippen LogP) is 1.96. The maximum atomic E-state index is 13.2. The number of imidazole rings is 1. The van der Waals surface area contributed by atoms with E-state index in [1.165, 1.54) is 30.1 Å². The van der Waals surface area contributed by atoms with Crippen molar-refractivity contribution in [3.8, 4) is 5.75 Å². The molecule has 0 bridgehead atoms. The minimum Gasteiger partial charge on any atom is -0.505 e. The molecular formula is C21H18FN5O3. The number of carbonyl (C=O) groups is 1. The normalized spacial score (nSPS) is 11.0. The number of fused-ring (bicyclic) bond motifs is 1. The lowest BCUT2D eigenvalue weighted by Crippen LogP contribution is -2.32.